The van der Waals surface area contributed by atoms with Crippen LogP contribution in [0, 0.1) is 0 Å². The van der Waals surface area contributed by atoms with E-state index in [0.717, 1.165) is 48.4 Å². The van der Waals surface area contributed by atoms with Gasteiger partial charge in [-0.3, -0.25) is 0 Å². The monoisotopic (exact) mass is 436 g/mol. The zero-order valence-electron chi connectivity index (χ0n) is 18.6. The van der Waals surface area contributed by atoms with Gasteiger partial charge in [0, 0.05) is 31.0 Å². The number of amides is 1. The maximum atomic E-state index is 12.1. The third-order valence-corrected chi connectivity index (χ3v) is 5.45. The molecular formula is C23H28N6O3. The molecule has 4 heterocycles. The van der Waals surface area contributed by atoms with Gasteiger partial charge in [0.05, 0.1) is 17.8 Å². The minimum atomic E-state index is -0.512. The number of hydrogen-bond donors (Lipinski definition) is 1. The van der Waals surface area contributed by atoms with Crippen LogP contribution in [-0.4, -0.2) is 56.5 Å². The van der Waals surface area contributed by atoms with Crippen LogP contribution < -0.4 is 15.0 Å². The summed E-state index contributed by atoms with van der Waals surface area (Å²) in [6.45, 7) is 7.06. The van der Waals surface area contributed by atoms with Gasteiger partial charge in [-0.15, -0.1) is 0 Å². The van der Waals surface area contributed by atoms with Gasteiger partial charge >= 0.3 is 6.09 Å². The van der Waals surface area contributed by atoms with Crippen molar-refractivity contribution in [3.05, 3.63) is 36.8 Å². The second kappa shape index (κ2) is 7.96. The molecule has 2 aliphatic rings. The molecule has 9 nitrogen and oxygen atoms in total. The largest absolute Gasteiger partial charge is 0.474 e. The lowest BCUT2D eigenvalue weighted by Gasteiger charge is -2.22. The summed E-state index contributed by atoms with van der Waals surface area (Å²) in [4.78, 5) is 23.6. The van der Waals surface area contributed by atoms with E-state index in [1.165, 1.54) is 0 Å². The number of aromatic nitrogens is 4. The summed E-state index contributed by atoms with van der Waals surface area (Å²) < 4.78 is 13.2. The number of carbonyl (C=O) groups excluding carboxylic acids is 1. The normalized spacial score (nSPS) is 18.7. The average molecular weight is 437 g/mol. The highest BCUT2D eigenvalue weighted by atomic mass is 16.6. The van der Waals surface area contributed by atoms with Gasteiger partial charge in [0.2, 0.25) is 5.88 Å². The maximum absolute atomic E-state index is 12.1. The van der Waals surface area contributed by atoms with Gasteiger partial charge in [0.15, 0.2) is 5.65 Å². The number of ether oxygens (including phenoxy) is 2. The van der Waals surface area contributed by atoms with Crippen LogP contribution >= 0.6 is 0 Å². The van der Waals surface area contributed by atoms with Crippen molar-refractivity contribution in [2.75, 3.05) is 18.0 Å². The number of alkyl carbamates (subject to hydrolysis) is 1. The number of fused-ring (bicyclic) bond motifs is 1. The maximum Gasteiger partial charge on any atom is 0.407 e. The fourth-order valence-corrected chi connectivity index (χ4v) is 3.82. The van der Waals surface area contributed by atoms with Gasteiger partial charge in [0.1, 0.15) is 17.5 Å². The van der Waals surface area contributed by atoms with Crippen LogP contribution in [0.5, 0.6) is 5.88 Å². The predicted molar refractivity (Wildman–Crippen MR) is 120 cm³/mol. The molecule has 0 radical (unpaired) electrons. The Bertz CT molecular complexity index is 1130. The molecule has 0 aromatic carbocycles. The van der Waals surface area contributed by atoms with Gasteiger partial charge in [0.25, 0.3) is 0 Å². The first kappa shape index (κ1) is 20.5. The van der Waals surface area contributed by atoms with Gasteiger partial charge in [-0.1, -0.05) is 0 Å². The molecule has 1 saturated heterocycles. The molecule has 2 fully saturated rings. The smallest absolute Gasteiger partial charge is 0.407 e. The quantitative estimate of drug-likeness (QED) is 0.655. The molecular weight excluding hydrogens is 408 g/mol. The summed E-state index contributed by atoms with van der Waals surface area (Å²) in [5.41, 5.74) is 2.02. The molecule has 1 saturated carbocycles. The topological polar surface area (TPSA) is 93.9 Å². The van der Waals surface area contributed by atoms with Gasteiger partial charge in [-0.25, -0.2) is 19.3 Å². The molecule has 1 aliphatic carbocycles. The molecule has 0 spiro atoms. The summed E-state index contributed by atoms with van der Waals surface area (Å²) in [5, 5.41) is 7.43. The van der Waals surface area contributed by atoms with Crippen LogP contribution in [0.25, 0.3) is 16.8 Å². The summed E-state index contributed by atoms with van der Waals surface area (Å²) in [7, 11) is 0. The molecule has 0 bridgehead atoms. The lowest BCUT2D eigenvalue weighted by molar-refractivity contribution is 0.0509. The number of pyridine rings is 1. The SMILES string of the molecule is CC(C)(C)OC(=O)N[C@H]1CCN(c2ccn3ncc(-c4cccnc4OC4CC4)c3n2)C1. The van der Waals surface area contributed by atoms with E-state index in [0.29, 0.717) is 12.4 Å². The molecule has 1 amide bonds. The first-order chi connectivity index (χ1) is 15.4. The Labute approximate surface area is 186 Å². The van der Waals surface area contributed by atoms with Crippen molar-refractivity contribution in [3.8, 4) is 17.0 Å². The Morgan fingerprint density at radius 3 is 2.81 bits per heavy atom. The lowest BCUT2D eigenvalue weighted by atomic mass is 10.1. The second-order valence-corrected chi connectivity index (χ2v) is 9.36. The van der Waals surface area contributed by atoms with E-state index in [-0.39, 0.29) is 18.2 Å². The van der Waals surface area contributed by atoms with Crippen molar-refractivity contribution in [3.63, 3.8) is 0 Å². The standard InChI is InChI=1S/C23H28N6O3/c1-23(2,3)32-22(30)26-15-8-11-28(14-15)19-9-12-29-20(27-19)18(13-25-29)17-5-4-10-24-21(17)31-16-6-7-16/h4-5,9-10,12-13,15-16H,6-8,11,14H2,1-3H3,(H,26,30)/t15-/m0/s1. The number of nitrogens with one attached hydrogen (secondary N) is 1. The van der Waals surface area contributed by atoms with Crippen LogP contribution in [0.3, 0.4) is 0 Å². The molecule has 32 heavy (non-hydrogen) atoms. The third-order valence-electron chi connectivity index (χ3n) is 5.45. The van der Waals surface area contributed by atoms with E-state index < -0.39 is 5.60 Å². The highest BCUT2D eigenvalue weighted by Crippen LogP contribution is 2.35. The van der Waals surface area contributed by atoms with Crippen LogP contribution in [0.4, 0.5) is 10.6 Å². The number of nitrogens with zero attached hydrogens (tertiary/aromatic N) is 5. The van der Waals surface area contributed by atoms with Crippen molar-refractivity contribution in [2.45, 2.75) is 57.8 Å². The summed E-state index contributed by atoms with van der Waals surface area (Å²) in [6, 6.07) is 5.86. The van der Waals surface area contributed by atoms with E-state index in [4.69, 9.17) is 14.5 Å². The van der Waals surface area contributed by atoms with E-state index >= 15 is 0 Å². The molecule has 168 valence electrons. The number of anilines is 1. The van der Waals surface area contributed by atoms with Crippen LogP contribution in [0.15, 0.2) is 36.8 Å². The molecule has 1 N–H and O–H groups in total. The highest BCUT2D eigenvalue weighted by Gasteiger charge is 2.28. The van der Waals surface area contributed by atoms with E-state index in [9.17, 15) is 4.79 Å². The summed E-state index contributed by atoms with van der Waals surface area (Å²) >= 11 is 0. The molecule has 9 heteroatoms. The Morgan fingerprint density at radius 2 is 2.03 bits per heavy atom. The summed E-state index contributed by atoms with van der Waals surface area (Å²) in [6.07, 6.45) is 8.31. The Morgan fingerprint density at radius 1 is 1.19 bits per heavy atom. The summed E-state index contributed by atoms with van der Waals surface area (Å²) in [5.74, 6) is 1.47. The van der Waals surface area contributed by atoms with Gasteiger partial charge < -0.3 is 19.7 Å². The number of carbonyl (C=O) groups is 1. The third kappa shape index (κ3) is 4.46. The Hall–Kier alpha value is -3.36. The molecule has 0 unspecified atom stereocenters. The van der Waals surface area contributed by atoms with Crippen LogP contribution in [0.2, 0.25) is 0 Å². The fraction of sp³-hybridized carbons (Fsp3) is 0.478. The second-order valence-electron chi connectivity index (χ2n) is 9.36. The van der Waals surface area contributed by atoms with Crippen LogP contribution in [0.1, 0.15) is 40.0 Å². The average Bonchev–Trinajstić information content (AvgIpc) is 3.27. The van der Waals surface area contributed by atoms with E-state index in [2.05, 4.69) is 20.3 Å². The van der Waals surface area contributed by atoms with Gasteiger partial charge in [-0.2, -0.15) is 5.10 Å². The van der Waals surface area contributed by atoms with Crippen LogP contribution in [-0.2, 0) is 4.74 Å². The minimum Gasteiger partial charge on any atom is -0.474 e. The van der Waals surface area contributed by atoms with Crippen molar-refractivity contribution in [1.29, 1.82) is 0 Å². The minimum absolute atomic E-state index is 0.0177. The molecule has 1 aliphatic heterocycles. The van der Waals surface area contributed by atoms with Crippen molar-refractivity contribution < 1.29 is 14.3 Å². The first-order valence-corrected chi connectivity index (χ1v) is 11.1. The van der Waals surface area contributed by atoms with Crippen molar-refractivity contribution in [2.24, 2.45) is 0 Å². The first-order valence-electron chi connectivity index (χ1n) is 11.1. The fourth-order valence-electron chi connectivity index (χ4n) is 3.82. The van der Waals surface area contributed by atoms with E-state index in [1.54, 1.807) is 16.9 Å². The van der Waals surface area contributed by atoms with Crippen molar-refractivity contribution >= 4 is 17.6 Å². The predicted octanol–water partition coefficient (Wildman–Crippen LogP) is 3.44. The Kier molecular flexibility index (Phi) is 5.11. The number of hydrogen-bond acceptors (Lipinski definition) is 7. The highest BCUT2D eigenvalue weighted by molar-refractivity contribution is 5.80. The van der Waals surface area contributed by atoms with Crippen molar-refractivity contribution in [1.82, 2.24) is 24.9 Å². The van der Waals surface area contributed by atoms with Gasteiger partial charge in [-0.05, 0) is 58.2 Å². The zero-order chi connectivity index (χ0) is 22.3. The number of rotatable bonds is 5. The lowest BCUT2D eigenvalue weighted by Crippen LogP contribution is -2.40. The molecule has 5 rings (SSSR count). The molecule has 1 atom stereocenters. The molecule has 3 aromatic rings. The molecule has 3 aromatic heterocycles. The van der Waals surface area contributed by atoms with E-state index in [1.807, 2.05) is 45.2 Å². The zero-order valence-corrected chi connectivity index (χ0v) is 18.6. The Balaban J connectivity index is 1.35.